The first-order chi connectivity index (χ1) is 10.4. The summed E-state index contributed by atoms with van der Waals surface area (Å²) in [7, 11) is -4.23. The van der Waals surface area contributed by atoms with Crippen LogP contribution in [0.25, 0.3) is 0 Å². The van der Waals surface area contributed by atoms with Crippen molar-refractivity contribution in [2.45, 2.75) is 73.5 Å². The maximum absolute atomic E-state index is 3.17. The van der Waals surface area contributed by atoms with Crippen LogP contribution in [0.4, 0.5) is 0 Å². The van der Waals surface area contributed by atoms with E-state index < -0.39 is 24.7 Å². The SMILES string of the molecule is CCN(CC)C[Si](C)(C)N([Si](C)(C)C)[Si](C)(C)CN(CC)CC. The minimum atomic E-state index is -1.44. The number of rotatable bonds is 11. The quantitative estimate of drug-likeness (QED) is 0.499. The van der Waals surface area contributed by atoms with Crippen molar-refractivity contribution in [3.8, 4) is 0 Å². The fourth-order valence-corrected chi connectivity index (χ4v) is 30.1. The van der Waals surface area contributed by atoms with Crippen LogP contribution in [0.5, 0.6) is 0 Å². The molecule has 6 heteroatoms. The highest BCUT2D eigenvalue weighted by Crippen LogP contribution is 2.28. The van der Waals surface area contributed by atoms with Gasteiger partial charge in [0.25, 0.3) is 0 Å². The molecule has 0 heterocycles. The molecule has 0 atom stereocenters. The molecule has 140 valence electrons. The van der Waals surface area contributed by atoms with Crippen molar-refractivity contribution >= 4 is 24.7 Å². The topological polar surface area (TPSA) is 9.72 Å². The average Bonchev–Trinajstić information content (AvgIpc) is 2.39. The molecular formula is C17H45N3Si3. The van der Waals surface area contributed by atoms with Gasteiger partial charge in [-0.05, 0) is 26.2 Å². The third kappa shape index (κ3) is 7.12. The predicted octanol–water partition coefficient (Wildman–Crippen LogP) is 4.30. The summed E-state index contributed by atoms with van der Waals surface area (Å²) in [4.78, 5) is 5.31. The Morgan fingerprint density at radius 1 is 0.522 bits per heavy atom. The largest absolute Gasteiger partial charge is 0.367 e. The first kappa shape index (κ1) is 23.5. The summed E-state index contributed by atoms with van der Waals surface area (Å²) < 4.78 is 3.17. The summed E-state index contributed by atoms with van der Waals surface area (Å²) in [6.45, 7) is 32.2. The molecule has 0 fully saturated rings. The molecule has 0 saturated carbocycles. The van der Waals surface area contributed by atoms with Gasteiger partial charge in [0.05, 0.1) is 0 Å². The Kier molecular flexibility index (Phi) is 9.50. The standard InChI is InChI=1S/C17H45N3Si3/c1-12-18(13-2)16-22(8,9)20(21(5,6)7)23(10,11)17-19(14-3)15-4/h12-17H2,1-11H3. The van der Waals surface area contributed by atoms with E-state index in [0.717, 1.165) is 0 Å². The summed E-state index contributed by atoms with van der Waals surface area (Å²) in [5.74, 6) is 0. The molecule has 0 saturated heterocycles. The Labute approximate surface area is 150 Å². The fourth-order valence-electron chi connectivity index (χ4n) is 4.77. The summed E-state index contributed by atoms with van der Waals surface area (Å²) in [5.41, 5.74) is 0. The molecule has 0 radical (unpaired) electrons. The molecule has 0 rings (SSSR count). The molecule has 0 aromatic carbocycles. The molecule has 0 aliphatic carbocycles. The van der Waals surface area contributed by atoms with Gasteiger partial charge in [-0.3, -0.25) is 0 Å². The van der Waals surface area contributed by atoms with E-state index in [4.69, 9.17) is 0 Å². The maximum atomic E-state index is 3.17. The van der Waals surface area contributed by atoms with Gasteiger partial charge >= 0.3 is 0 Å². The van der Waals surface area contributed by atoms with Crippen molar-refractivity contribution in [2.24, 2.45) is 0 Å². The molecule has 0 bridgehead atoms. The molecule has 0 aromatic heterocycles. The highest BCUT2D eigenvalue weighted by atomic mass is 28.5. The first-order valence-electron chi connectivity index (χ1n) is 9.60. The zero-order valence-corrected chi connectivity index (χ0v) is 21.1. The molecular weight excluding hydrogens is 330 g/mol. The second kappa shape index (κ2) is 9.29. The zero-order valence-electron chi connectivity index (χ0n) is 18.1. The highest BCUT2D eigenvalue weighted by Gasteiger charge is 2.47. The van der Waals surface area contributed by atoms with Crippen LogP contribution in [-0.2, 0) is 0 Å². The van der Waals surface area contributed by atoms with Crippen molar-refractivity contribution < 1.29 is 0 Å². The molecule has 0 spiro atoms. The molecule has 0 amide bonds. The minimum Gasteiger partial charge on any atom is -0.367 e. The van der Waals surface area contributed by atoms with Crippen LogP contribution in [-0.4, -0.2) is 76.9 Å². The number of hydrogen-bond donors (Lipinski definition) is 0. The van der Waals surface area contributed by atoms with Crippen LogP contribution >= 0.6 is 0 Å². The Hall–Kier alpha value is 0.531. The van der Waals surface area contributed by atoms with E-state index in [9.17, 15) is 0 Å². The summed E-state index contributed by atoms with van der Waals surface area (Å²) in [6, 6.07) is 0. The van der Waals surface area contributed by atoms with Crippen molar-refractivity contribution in [3.05, 3.63) is 0 Å². The van der Waals surface area contributed by atoms with Crippen LogP contribution in [0, 0.1) is 0 Å². The minimum absolute atomic E-state index is 1.19. The van der Waals surface area contributed by atoms with Gasteiger partial charge in [0.15, 0.2) is 0 Å². The maximum Gasteiger partial charge on any atom is 0.123 e. The Morgan fingerprint density at radius 3 is 0.957 bits per heavy atom. The lowest BCUT2D eigenvalue weighted by molar-refractivity contribution is 0.337. The Morgan fingerprint density at radius 2 is 0.783 bits per heavy atom. The second-order valence-electron chi connectivity index (χ2n) is 9.05. The normalized spacial score (nSPS) is 14.3. The van der Waals surface area contributed by atoms with Crippen molar-refractivity contribution in [1.29, 1.82) is 0 Å². The van der Waals surface area contributed by atoms with Crippen molar-refractivity contribution in [2.75, 3.05) is 38.5 Å². The van der Waals surface area contributed by atoms with Gasteiger partial charge < -0.3 is 13.7 Å². The molecule has 0 aliphatic rings. The molecule has 0 aliphatic heterocycles. The third-order valence-corrected chi connectivity index (χ3v) is 22.4. The van der Waals surface area contributed by atoms with Crippen LogP contribution in [0.3, 0.4) is 0 Å². The monoisotopic (exact) mass is 375 g/mol. The molecule has 0 aromatic rings. The average molecular weight is 376 g/mol. The highest BCUT2D eigenvalue weighted by molar-refractivity contribution is 7.04. The van der Waals surface area contributed by atoms with E-state index in [1.165, 1.54) is 38.5 Å². The fraction of sp³-hybridized carbons (Fsp3) is 1.00. The van der Waals surface area contributed by atoms with E-state index in [0.29, 0.717) is 0 Å². The van der Waals surface area contributed by atoms with E-state index >= 15 is 0 Å². The van der Waals surface area contributed by atoms with Gasteiger partial charge in [-0.1, -0.05) is 73.5 Å². The van der Waals surface area contributed by atoms with Gasteiger partial charge in [-0.2, -0.15) is 0 Å². The van der Waals surface area contributed by atoms with Crippen LogP contribution < -0.4 is 0 Å². The van der Waals surface area contributed by atoms with Gasteiger partial charge in [-0.25, -0.2) is 0 Å². The van der Waals surface area contributed by atoms with Gasteiger partial charge in [0, 0.05) is 12.3 Å². The smallest absolute Gasteiger partial charge is 0.123 e. The summed E-state index contributed by atoms with van der Waals surface area (Å²) >= 11 is 0. The van der Waals surface area contributed by atoms with E-state index in [1.807, 2.05) is 0 Å². The van der Waals surface area contributed by atoms with Gasteiger partial charge in [-0.15, -0.1) is 0 Å². The molecule has 0 unspecified atom stereocenters. The van der Waals surface area contributed by atoms with Crippen molar-refractivity contribution in [1.82, 2.24) is 13.7 Å². The van der Waals surface area contributed by atoms with Gasteiger partial charge in [0.1, 0.15) is 24.7 Å². The first-order valence-corrected chi connectivity index (χ1v) is 19.4. The summed E-state index contributed by atoms with van der Waals surface area (Å²) in [5, 5.41) is 0. The lowest BCUT2D eigenvalue weighted by atomic mass is 10.6. The molecule has 3 nitrogen and oxygen atoms in total. The second-order valence-corrected chi connectivity index (χ2v) is 24.0. The Balaban J connectivity index is 5.58. The van der Waals surface area contributed by atoms with Crippen molar-refractivity contribution in [3.63, 3.8) is 0 Å². The zero-order chi connectivity index (χ0) is 18.5. The lowest BCUT2D eigenvalue weighted by Crippen LogP contribution is -2.75. The van der Waals surface area contributed by atoms with Crippen LogP contribution in [0.2, 0.25) is 45.8 Å². The number of hydrogen-bond acceptors (Lipinski definition) is 3. The predicted molar refractivity (Wildman–Crippen MR) is 116 cm³/mol. The lowest BCUT2D eigenvalue weighted by Gasteiger charge is -2.56. The van der Waals surface area contributed by atoms with E-state index in [1.54, 1.807) is 0 Å². The van der Waals surface area contributed by atoms with Crippen LogP contribution in [0.15, 0.2) is 0 Å². The molecule has 0 N–H and O–H groups in total. The van der Waals surface area contributed by atoms with Gasteiger partial charge in [0.2, 0.25) is 0 Å². The Bertz CT molecular complexity index is 306. The number of nitrogens with zero attached hydrogens (tertiary/aromatic N) is 3. The van der Waals surface area contributed by atoms with E-state index in [2.05, 4.69) is 87.2 Å². The third-order valence-electron chi connectivity index (χ3n) is 4.89. The van der Waals surface area contributed by atoms with Crippen LogP contribution in [0.1, 0.15) is 27.7 Å². The van der Waals surface area contributed by atoms with E-state index in [-0.39, 0.29) is 0 Å². The summed E-state index contributed by atoms with van der Waals surface area (Å²) in [6.07, 6.45) is 2.64. The molecule has 23 heavy (non-hydrogen) atoms.